The Morgan fingerprint density at radius 1 is 1.29 bits per heavy atom. The van der Waals surface area contributed by atoms with Crippen LogP contribution in [0.15, 0.2) is 53.6 Å². The molecule has 0 bridgehead atoms. The maximum atomic E-state index is 11.5. The summed E-state index contributed by atoms with van der Waals surface area (Å²) in [5, 5.41) is 3.21. The summed E-state index contributed by atoms with van der Waals surface area (Å²) in [6, 6.07) is 11.9. The smallest absolute Gasteiger partial charge is 0.312 e. The minimum atomic E-state index is -0.219. The van der Waals surface area contributed by atoms with Crippen molar-refractivity contribution in [2.24, 2.45) is 0 Å². The lowest BCUT2D eigenvalue weighted by Gasteiger charge is -2.17. The van der Waals surface area contributed by atoms with Crippen molar-refractivity contribution in [3.05, 3.63) is 64.8 Å². The molecule has 0 saturated carbocycles. The summed E-state index contributed by atoms with van der Waals surface area (Å²) >= 11 is 0. The minimum absolute atomic E-state index is 0.109. The highest BCUT2D eigenvalue weighted by atomic mass is 16.1. The summed E-state index contributed by atoms with van der Waals surface area (Å²) in [6.45, 7) is 0.577. The van der Waals surface area contributed by atoms with Crippen LogP contribution in [-0.2, 0) is 6.54 Å². The highest BCUT2D eigenvalue weighted by Crippen LogP contribution is 2.13. The summed E-state index contributed by atoms with van der Waals surface area (Å²) in [5.74, 6) is 0. The molecule has 0 aliphatic heterocycles. The average Bonchev–Trinajstić information content (AvgIpc) is 2.39. The van der Waals surface area contributed by atoms with Crippen molar-refractivity contribution < 1.29 is 0 Å². The Morgan fingerprint density at radius 2 is 2.06 bits per heavy atom. The molecule has 0 aliphatic carbocycles. The monoisotopic (exact) mass is 229 g/mol. The fourth-order valence-corrected chi connectivity index (χ4v) is 1.77. The van der Waals surface area contributed by atoms with Crippen molar-refractivity contribution in [3.8, 4) is 0 Å². The van der Waals surface area contributed by atoms with Gasteiger partial charge in [-0.05, 0) is 18.7 Å². The molecule has 2 aromatic rings. The van der Waals surface area contributed by atoms with E-state index in [-0.39, 0.29) is 11.7 Å². The maximum absolute atomic E-state index is 11.5. The largest absolute Gasteiger partial charge is 0.347 e. The third-order valence-corrected chi connectivity index (χ3v) is 2.71. The number of aromatic nitrogens is 2. The van der Waals surface area contributed by atoms with Crippen molar-refractivity contribution in [3.63, 3.8) is 0 Å². The first-order chi connectivity index (χ1) is 8.31. The first-order valence-corrected chi connectivity index (χ1v) is 5.55. The SMILES string of the molecule is CNC(Cn1cccnc1=O)c1ccccc1. The van der Waals surface area contributed by atoms with Crippen molar-refractivity contribution in [1.82, 2.24) is 14.9 Å². The Hall–Kier alpha value is -1.94. The molecule has 2 rings (SSSR count). The van der Waals surface area contributed by atoms with E-state index in [1.165, 1.54) is 6.20 Å². The fraction of sp³-hybridized carbons (Fsp3) is 0.231. The predicted octanol–water partition coefficient (Wildman–Crippen LogP) is 1.20. The molecule has 0 amide bonds. The van der Waals surface area contributed by atoms with Crippen LogP contribution in [-0.4, -0.2) is 16.6 Å². The zero-order valence-electron chi connectivity index (χ0n) is 9.71. The van der Waals surface area contributed by atoms with Gasteiger partial charge >= 0.3 is 5.69 Å². The summed E-state index contributed by atoms with van der Waals surface area (Å²) < 4.78 is 1.61. The average molecular weight is 229 g/mol. The molecule has 0 saturated heterocycles. The Bertz CT molecular complexity index is 521. The highest BCUT2D eigenvalue weighted by molar-refractivity contribution is 5.18. The minimum Gasteiger partial charge on any atom is -0.312 e. The number of nitrogens with one attached hydrogen (secondary N) is 1. The topological polar surface area (TPSA) is 46.9 Å². The Labute approximate surface area is 99.9 Å². The third-order valence-electron chi connectivity index (χ3n) is 2.71. The Balaban J connectivity index is 2.22. The van der Waals surface area contributed by atoms with Gasteiger partial charge < -0.3 is 5.32 Å². The molecule has 1 aromatic carbocycles. The molecule has 0 fully saturated rings. The van der Waals surface area contributed by atoms with Gasteiger partial charge in [0.2, 0.25) is 0 Å². The van der Waals surface area contributed by atoms with E-state index in [0.717, 1.165) is 5.56 Å². The normalized spacial score (nSPS) is 12.3. The highest BCUT2D eigenvalue weighted by Gasteiger charge is 2.09. The molecule has 1 heterocycles. The van der Waals surface area contributed by atoms with Crippen LogP contribution >= 0.6 is 0 Å². The summed E-state index contributed by atoms with van der Waals surface area (Å²) in [7, 11) is 1.89. The molecule has 1 aromatic heterocycles. The van der Waals surface area contributed by atoms with Crippen molar-refractivity contribution in [1.29, 1.82) is 0 Å². The molecule has 4 heteroatoms. The molecule has 17 heavy (non-hydrogen) atoms. The number of nitrogens with zero attached hydrogens (tertiary/aromatic N) is 2. The van der Waals surface area contributed by atoms with E-state index in [4.69, 9.17) is 0 Å². The van der Waals surface area contributed by atoms with Crippen LogP contribution in [0.25, 0.3) is 0 Å². The summed E-state index contributed by atoms with van der Waals surface area (Å²) in [5.41, 5.74) is 0.939. The van der Waals surface area contributed by atoms with E-state index in [2.05, 4.69) is 10.3 Å². The molecule has 1 unspecified atom stereocenters. The Kier molecular flexibility index (Phi) is 3.67. The second kappa shape index (κ2) is 5.41. The first kappa shape index (κ1) is 11.5. The molecule has 88 valence electrons. The fourth-order valence-electron chi connectivity index (χ4n) is 1.77. The van der Waals surface area contributed by atoms with Gasteiger partial charge in [0.15, 0.2) is 0 Å². The van der Waals surface area contributed by atoms with E-state index in [0.29, 0.717) is 6.54 Å². The van der Waals surface area contributed by atoms with Gasteiger partial charge in [-0.25, -0.2) is 9.78 Å². The molecule has 1 atom stereocenters. The van der Waals surface area contributed by atoms with Crippen LogP contribution in [0.4, 0.5) is 0 Å². The van der Waals surface area contributed by atoms with Crippen LogP contribution in [0.1, 0.15) is 11.6 Å². The van der Waals surface area contributed by atoms with Gasteiger partial charge in [-0.15, -0.1) is 0 Å². The van der Waals surface area contributed by atoms with Crippen LogP contribution in [0, 0.1) is 0 Å². The van der Waals surface area contributed by atoms with Crippen LogP contribution in [0.3, 0.4) is 0 Å². The van der Waals surface area contributed by atoms with E-state index in [1.807, 2.05) is 37.4 Å². The first-order valence-electron chi connectivity index (χ1n) is 5.55. The lowest BCUT2D eigenvalue weighted by molar-refractivity contribution is 0.485. The van der Waals surface area contributed by atoms with Crippen LogP contribution < -0.4 is 11.0 Å². The molecule has 0 radical (unpaired) electrons. The van der Waals surface area contributed by atoms with Gasteiger partial charge in [0.25, 0.3) is 0 Å². The standard InChI is InChI=1S/C13H15N3O/c1-14-12(11-6-3-2-4-7-11)10-16-9-5-8-15-13(16)17/h2-9,12,14H,10H2,1H3. The Morgan fingerprint density at radius 3 is 2.71 bits per heavy atom. The zero-order valence-corrected chi connectivity index (χ0v) is 9.71. The zero-order chi connectivity index (χ0) is 12.1. The number of hydrogen-bond donors (Lipinski definition) is 1. The molecule has 4 nitrogen and oxygen atoms in total. The molecule has 0 aliphatic rings. The number of hydrogen-bond acceptors (Lipinski definition) is 3. The van der Waals surface area contributed by atoms with Crippen molar-refractivity contribution in [2.45, 2.75) is 12.6 Å². The third kappa shape index (κ3) is 2.79. The van der Waals surface area contributed by atoms with Gasteiger partial charge in [-0.2, -0.15) is 0 Å². The van der Waals surface area contributed by atoms with Crippen molar-refractivity contribution in [2.75, 3.05) is 7.05 Å². The summed E-state index contributed by atoms with van der Waals surface area (Å²) in [4.78, 5) is 15.3. The van der Waals surface area contributed by atoms with Gasteiger partial charge in [0, 0.05) is 18.9 Å². The molecule has 1 N–H and O–H groups in total. The van der Waals surface area contributed by atoms with E-state index in [9.17, 15) is 4.79 Å². The molecular weight excluding hydrogens is 214 g/mol. The number of likely N-dealkylation sites (N-methyl/N-ethyl adjacent to an activating group) is 1. The van der Waals surface area contributed by atoms with E-state index in [1.54, 1.807) is 16.8 Å². The van der Waals surface area contributed by atoms with Crippen molar-refractivity contribution >= 4 is 0 Å². The van der Waals surface area contributed by atoms with Gasteiger partial charge in [0.1, 0.15) is 0 Å². The molecule has 0 spiro atoms. The lowest BCUT2D eigenvalue weighted by Crippen LogP contribution is -2.29. The molecular formula is C13H15N3O. The summed E-state index contributed by atoms with van der Waals surface area (Å²) in [6.07, 6.45) is 3.26. The lowest BCUT2D eigenvalue weighted by atomic mass is 10.1. The van der Waals surface area contributed by atoms with E-state index < -0.39 is 0 Å². The van der Waals surface area contributed by atoms with Gasteiger partial charge in [-0.3, -0.25) is 4.57 Å². The predicted molar refractivity (Wildman–Crippen MR) is 66.7 cm³/mol. The van der Waals surface area contributed by atoms with Gasteiger partial charge in [0.05, 0.1) is 6.04 Å². The second-order valence-electron chi connectivity index (χ2n) is 3.81. The number of benzene rings is 1. The van der Waals surface area contributed by atoms with Crippen LogP contribution in [0.2, 0.25) is 0 Å². The van der Waals surface area contributed by atoms with Crippen LogP contribution in [0.5, 0.6) is 0 Å². The number of rotatable bonds is 4. The van der Waals surface area contributed by atoms with E-state index >= 15 is 0 Å². The van der Waals surface area contributed by atoms with Gasteiger partial charge in [-0.1, -0.05) is 30.3 Å². The quantitative estimate of drug-likeness (QED) is 0.857. The second-order valence-corrected chi connectivity index (χ2v) is 3.81. The maximum Gasteiger partial charge on any atom is 0.347 e.